The van der Waals surface area contributed by atoms with Crippen molar-refractivity contribution in [1.82, 2.24) is 16.0 Å². The van der Waals surface area contributed by atoms with E-state index >= 15 is 0 Å². The average Bonchev–Trinajstić information content (AvgIpc) is 3.01. The first-order valence-corrected chi connectivity index (χ1v) is 15.7. The highest BCUT2D eigenvalue weighted by molar-refractivity contribution is 7.99. The largest absolute Gasteiger partial charge is 0.477 e. The fourth-order valence-corrected chi connectivity index (χ4v) is 5.61. The SMILES string of the molecule is CC(=O)NCCSCCCO[C@]1(C(=O)O)C[C@H](O)[C@@H](NC(C)=O)[C@H]([C@H](O)[C@H](O)CNC(=O)c2ccc(-c3ccccc3)cc2)O1. The van der Waals surface area contributed by atoms with E-state index < -0.39 is 67.0 Å². The Balaban J connectivity index is 1.63. The van der Waals surface area contributed by atoms with Gasteiger partial charge in [-0.25, -0.2) is 4.79 Å². The number of carbonyl (C=O) groups is 4. The number of hydrogen-bond acceptors (Lipinski definition) is 10. The number of nitrogens with one attached hydrogen (secondary N) is 3. The summed E-state index contributed by atoms with van der Waals surface area (Å²) in [5, 5.41) is 50.4. The molecule has 3 amide bonds. The molecular formula is C31H41N3O10S. The van der Waals surface area contributed by atoms with Gasteiger partial charge < -0.3 is 45.9 Å². The van der Waals surface area contributed by atoms with Gasteiger partial charge in [-0.15, -0.1) is 0 Å². The van der Waals surface area contributed by atoms with Crippen LogP contribution in [0.25, 0.3) is 11.1 Å². The first kappa shape index (κ1) is 35.9. The maximum Gasteiger partial charge on any atom is 0.364 e. The highest BCUT2D eigenvalue weighted by atomic mass is 32.2. The Bertz CT molecular complexity index is 1280. The molecule has 2 aromatic carbocycles. The van der Waals surface area contributed by atoms with Gasteiger partial charge in [0.25, 0.3) is 11.7 Å². The van der Waals surface area contributed by atoms with Crippen molar-refractivity contribution in [2.75, 3.05) is 31.2 Å². The third-order valence-corrected chi connectivity index (χ3v) is 8.18. The van der Waals surface area contributed by atoms with Gasteiger partial charge in [-0.2, -0.15) is 11.8 Å². The minimum atomic E-state index is -2.37. The van der Waals surface area contributed by atoms with Crippen molar-refractivity contribution >= 4 is 35.5 Å². The molecule has 0 bridgehead atoms. The van der Waals surface area contributed by atoms with Crippen LogP contribution in [0.15, 0.2) is 54.6 Å². The lowest BCUT2D eigenvalue weighted by atomic mass is 9.88. The van der Waals surface area contributed by atoms with E-state index in [1.54, 1.807) is 24.3 Å². The standard InChI is InChI=1S/C31H41N3O10S/c1-19(35)32-13-16-45-15-6-14-43-31(30(41)42)17-24(37)26(34-20(2)36)28(44-31)27(39)25(38)18-33-29(40)23-11-9-22(10-12-23)21-7-4-3-5-8-21/h3-5,7-12,24-28,37-39H,6,13-18H2,1-2H3,(H,32,35)(H,33,40)(H,34,36)(H,41,42)/t24-,25+,26+,27+,28+,31+/m0/s1. The molecule has 1 saturated heterocycles. The molecule has 246 valence electrons. The van der Waals surface area contributed by atoms with Gasteiger partial charge in [0.15, 0.2) is 0 Å². The van der Waals surface area contributed by atoms with E-state index in [1.165, 1.54) is 25.6 Å². The number of amides is 3. The number of thioether (sulfide) groups is 1. The highest BCUT2D eigenvalue weighted by Gasteiger charge is 2.55. The summed E-state index contributed by atoms with van der Waals surface area (Å²) in [7, 11) is 0. The first-order valence-electron chi connectivity index (χ1n) is 14.6. The van der Waals surface area contributed by atoms with E-state index in [1.807, 2.05) is 30.3 Å². The zero-order valence-electron chi connectivity index (χ0n) is 25.2. The molecule has 14 heteroatoms. The van der Waals surface area contributed by atoms with Gasteiger partial charge in [0.2, 0.25) is 11.8 Å². The minimum absolute atomic E-state index is 0.0680. The summed E-state index contributed by atoms with van der Waals surface area (Å²) >= 11 is 1.52. The zero-order valence-corrected chi connectivity index (χ0v) is 26.0. The molecule has 13 nitrogen and oxygen atoms in total. The summed E-state index contributed by atoms with van der Waals surface area (Å²) in [5.74, 6) is -3.93. The number of carboxylic acids is 1. The highest BCUT2D eigenvalue weighted by Crippen LogP contribution is 2.34. The van der Waals surface area contributed by atoms with Crippen LogP contribution < -0.4 is 16.0 Å². The molecule has 45 heavy (non-hydrogen) atoms. The summed E-state index contributed by atoms with van der Waals surface area (Å²) in [6.45, 7) is 2.57. The van der Waals surface area contributed by atoms with Crippen molar-refractivity contribution in [2.24, 2.45) is 0 Å². The van der Waals surface area contributed by atoms with Crippen LogP contribution in [0.5, 0.6) is 0 Å². The molecule has 0 unspecified atom stereocenters. The van der Waals surface area contributed by atoms with E-state index in [9.17, 15) is 39.6 Å². The summed E-state index contributed by atoms with van der Waals surface area (Å²) in [6, 6.07) is 15.1. The van der Waals surface area contributed by atoms with Gasteiger partial charge in [0.1, 0.15) is 12.2 Å². The van der Waals surface area contributed by atoms with Gasteiger partial charge in [0, 0.05) is 44.7 Å². The van der Waals surface area contributed by atoms with E-state index in [-0.39, 0.29) is 12.5 Å². The smallest absolute Gasteiger partial charge is 0.364 e. The van der Waals surface area contributed by atoms with Crippen LogP contribution in [0.4, 0.5) is 0 Å². The fourth-order valence-electron chi connectivity index (χ4n) is 4.83. The van der Waals surface area contributed by atoms with Crippen molar-refractivity contribution in [3.8, 4) is 11.1 Å². The topological polar surface area (TPSA) is 204 Å². The normalized spacial score (nSPS) is 22.6. The monoisotopic (exact) mass is 647 g/mol. The van der Waals surface area contributed by atoms with Crippen molar-refractivity contribution in [3.05, 3.63) is 60.2 Å². The second-order valence-corrected chi connectivity index (χ2v) is 11.9. The van der Waals surface area contributed by atoms with Crippen LogP contribution in [-0.4, -0.2) is 112 Å². The molecule has 0 aromatic heterocycles. The van der Waals surface area contributed by atoms with Crippen LogP contribution >= 0.6 is 11.8 Å². The Morgan fingerprint density at radius 3 is 2.27 bits per heavy atom. The predicted molar refractivity (Wildman–Crippen MR) is 166 cm³/mol. The maximum absolute atomic E-state index is 12.8. The number of carboxylic acid groups (broad SMARTS) is 1. The van der Waals surface area contributed by atoms with Crippen molar-refractivity contribution < 1.29 is 49.1 Å². The van der Waals surface area contributed by atoms with E-state index in [4.69, 9.17) is 9.47 Å². The molecule has 0 aliphatic carbocycles. The van der Waals surface area contributed by atoms with E-state index in [0.29, 0.717) is 30.0 Å². The third kappa shape index (κ3) is 10.5. The second kappa shape index (κ2) is 17.2. The number of ether oxygens (including phenoxy) is 2. The Hall–Kier alpha value is -3.53. The molecule has 7 N–H and O–H groups in total. The molecule has 1 aliphatic heterocycles. The molecule has 1 fully saturated rings. The molecule has 2 aromatic rings. The number of aliphatic carboxylic acids is 1. The van der Waals surface area contributed by atoms with Crippen LogP contribution in [0.1, 0.15) is 37.0 Å². The third-order valence-electron chi connectivity index (χ3n) is 7.11. The zero-order chi connectivity index (χ0) is 33.0. The number of benzene rings is 2. The molecule has 1 aliphatic rings. The van der Waals surface area contributed by atoms with Crippen LogP contribution in [-0.2, 0) is 23.9 Å². The fraction of sp³-hybridized carbons (Fsp3) is 0.484. The Labute approximate surface area is 265 Å². The Morgan fingerprint density at radius 1 is 0.978 bits per heavy atom. The molecule has 1 heterocycles. The van der Waals surface area contributed by atoms with Crippen molar-refractivity contribution in [1.29, 1.82) is 0 Å². The van der Waals surface area contributed by atoms with Gasteiger partial charge in [-0.3, -0.25) is 14.4 Å². The number of aliphatic hydroxyl groups excluding tert-OH is 3. The van der Waals surface area contributed by atoms with Crippen LogP contribution in [0.2, 0.25) is 0 Å². The average molecular weight is 648 g/mol. The molecular weight excluding hydrogens is 606 g/mol. The second-order valence-electron chi connectivity index (χ2n) is 10.6. The van der Waals surface area contributed by atoms with Crippen LogP contribution in [0, 0.1) is 0 Å². The van der Waals surface area contributed by atoms with E-state index in [0.717, 1.165) is 11.1 Å². The van der Waals surface area contributed by atoms with Gasteiger partial charge in [-0.05, 0) is 35.4 Å². The van der Waals surface area contributed by atoms with Crippen molar-refractivity contribution in [2.45, 2.75) is 62.9 Å². The van der Waals surface area contributed by atoms with Gasteiger partial charge in [0.05, 0.1) is 24.9 Å². The molecule has 0 saturated carbocycles. The molecule has 0 radical (unpaired) electrons. The molecule has 0 spiro atoms. The van der Waals surface area contributed by atoms with Crippen molar-refractivity contribution in [3.63, 3.8) is 0 Å². The quantitative estimate of drug-likeness (QED) is 0.125. The first-order chi connectivity index (χ1) is 21.4. The lowest BCUT2D eigenvalue weighted by Gasteiger charge is -2.46. The molecule has 3 rings (SSSR count). The Morgan fingerprint density at radius 2 is 1.64 bits per heavy atom. The lowest BCUT2D eigenvalue weighted by Crippen LogP contribution is -2.68. The summed E-state index contributed by atoms with van der Waals surface area (Å²) < 4.78 is 11.4. The summed E-state index contributed by atoms with van der Waals surface area (Å²) in [6.07, 6.45) is -6.78. The van der Waals surface area contributed by atoms with E-state index in [2.05, 4.69) is 16.0 Å². The minimum Gasteiger partial charge on any atom is -0.477 e. The van der Waals surface area contributed by atoms with Crippen LogP contribution in [0.3, 0.4) is 0 Å². The summed E-state index contributed by atoms with van der Waals surface area (Å²) in [4.78, 5) is 47.9. The number of carbonyl (C=O) groups excluding carboxylic acids is 3. The molecule has 6 atom stereocenters. The van der Waals surface area contributed by atoms with Gasteiger partial charge in [-0.1, -0.05) is 42.5 Å². The lowest BCUT2D eigenvalue weighted by molar-refractivity contribution is -0.310. The predicted octanol–water partition coefficient (Wildman–Crippen LogP) is 0.517. The number of rotatable bonds is 16. The number of hydrogen-bond donors (Lipinski definition) is 7. The Kier molecular flexibility index (Phi) is 13.8. The van der Waals surface area contributed by atoms with Gasteiger partial charge >= 0.3 is 5.97 Å². The number of aliphatic hydroxyl groups is 3. The maximum atomic E-state index is 12.8. The summed E-state index contributed by atoms with van der Waals surface area (Å²) in [5.41, 5.74) is 2.19.